The summed E-state index contributed by atoms with van der Waals surface area (Å²) < 4.78 is 6.18. The van der Waals surface area contributed by atoms with Crippen LogP contribution in [0.15, 0.2) is 132 Å². The number of furan rings is 1. The second-order valence-corrected chi connectivity index (χ2v) is 9.68. The van der Waals surface area contributed by atoms with Crippen LogP contribution in [0.4, 0.5) is 0 Å². The first kappa shape index (κ1) is 21.7. The second kappa shape index (κ2) is 8.61. The summed E-state index contributed by atoms with van der Waals surface area (Å²) in [5.74, 6) is 1.96. The monoisotopic (exact) mass is 499 g/mol. The van der Waals surface area contributed by atoms with Crippen molar-refractivity contribution < 1.29 is 4.42 Å². The molecular formula is C35H21N3O. The van der Waals surface area contributed by atoms with E-state index in [1.165, 1.54) is 0 Å². The number of rotatable bonds is 3. The predicted molar refractivity (Wildman–Crippen MR) is 158 cm³/mol. The Labute approximate surface area is 224 Å². The summed E-state index contributed by atoms with van der Waals surface area (Å²) in [5, 5.41) is 6.72. The number of para-hydroxylation sites is 1. The molecule has 8 rings (SSSR count). The molecule has 0 saturated heterocycles. The number of nitrogens with zero attached hydrogens (tertiary/aromatic N) is 3. The molecule has 0 aliphatic carbocycles. The van der Waals surface area contributed by atoms with E-state index in [4.69, 9.17) is 19.4 Å². The van der Waals surface area contributed by atoms with Crippen molar-refractivity contribution in [2.75, 3.05) is 0 Å². The van der Waals surface area contributed by atoms with Gasteiger partial charge >= 0.3 is 0 Å². The molecule has 0 fully saturated rings. The lowest BCUT2D eigenvalue weighted by Crippen LogP contribution is -2.00. The lowest BCUT2D eigenvalue weighted by Gasteiger charge is -2.12. The molecule has 0 radical (unpaired) electrons. The van der Waals surface area contributed by atoms with E-state index in [0.29, 0.717) is 17.5 Å². The van der Waals surface area contributed by atoms with Crippen LogP contribution >= 0.6 is 0 Å². The average molecular weight is 500 g/mol. The topological polar surface area (TPSA) is 51.8 Å². The minimum absolute atomic E-state index is 0.651. The third kappa shape index (κ3) is 3.57. The quantitative estimate of drug-likeness (QED) is 0.228. The van der Waals surface area contributed by atoms with Crippen molar-refractivity contribution in [2.45, 2.75) is 0 Å². The Morgan fingerprint density at radius 1 is 0.410 bits per heavy atom. The van der Waals surface area contributed by atoms with Crippen LogP contribution in [-0.4, -0.2) is 15.0 Å². The molecule has 39 heavy (non-hydrogen) atoms. The van der Waals surface area contributed by atoms with Gasteiger partial charge in [0.05, 0.1) is 0 Å². The molecular weight excluding hydrogens is 478 g/mol. The van der Waals surface area contributed by atoms with Crippen molar-refractivity contribution in [1.29, 1.82) is 0 Å². The summed E-state index contributed by atoms with van der Waals surface area (Å²) in [7, 11) is 0. The Morgan fingerprint density at radius 2 is 1.05 bits per heavy atom. The predicted octanol–water partition coefficient (Wildman–Crippen LogP) is 9.08. The Morgan fingerprint density at radius 3 is 1.79 bits per heavy atom. The molecule has 0 aliphatic rings. The number of aromatic nitrogens is 3. The molecule has 2 aromatic heterocycles. The van der Waals surface area contributed by atoms with Crippen LogP contribution < -0.4 is 0 Å². The number of hydrogen-bond donors (Lipinski definition) is 0. The molecule has 4 heteroatoms. The molecule has 2 heterocycles. The maximum Gasteiger partial charge on any atom is 0.164 e. The first-order valence-corrected chi connectivity index (χ1v) is 13.0. The summed E-state index contributed by atoms with van der Waals surface area (Å²) in [6.45, 7) is 0. The fourth-order valence-corrected chi connectivity index (χ4v) is 5.45. The normalized spacial score (nSPS) is 11.6. The summed E-state index contributed by atoms with van der Waals surface area (Å²) in [5.41, 5.74) is 4.66. The van der Waals surface area contributed by atoms with Crippen molar-refractivity contribution in [2.24, 2.45) is 0 Å². The van der Waals surface area contributed by atoms with Crippen LogP contribution in [0.25, 0.3) is 77.6 Å². The summed E-state index contributed by atoms with van der Waals surface area (Å²) in [4.78, 5) is 14.9. The van der Waals surface area contributed by atoms with Crippen LogP contribution in [0.5, 0.6) is 0 Å². The zero-order valence-corrected chi connectivity index (χ0v) is 20.9. The zero-order valence-electron chi connectivity index (χ0n) is 20.9. The third-order valence-electron chi connectivity index (χ3n) is 7.30. The van der Waals surface area contributed by atoms with Crippen molar-refractivity contribution in [3.63, 3.8) is 0 Å². The maximum absolute atomic E-state index is 6.18. The molecule has 0 bridgehead atoms. The Balaban J connectivity index is 1.45. The Bertz CT molecular complexity index is 2110. The van der Waals surface area contributed by atoms with Crippen LogP contribution in [0.3, 0.4) is 0 Å². The van der Waals surface area contributed by atoms with Crippen molar-refractivity contribution in [3.8, 4) is 34.2 Å². The summed E-state index contributed by atoms with van der Waals surface area (Å²) >= 11 is 0. The molecule has 0 unspecified atom stereocenters. The first-order valence-electron chi connectivity index (χ1n) is 13.0. The fourth-order valence-electron chi connectivity index (χ4n) is 5.45. The van der Waals surface area contributed by atoms with Gasteiger partial charge in [-0.2, -0.15) is 0 Å². The molecule has 0 saturated carbocycles. The van der Waals surface area contributed by atoms with E-state index in [0.717, 1.165) is 60.2 Å². The van der Waals surface area contributed by atoms with E-state index in [-0.39, 0.29) is 0 Å². The van der Waals surface area contributed by atoms with Gasteiger partial charge in [0.2, 0.25) is 0 Å². The van der Waals surface area contributed by atoms with Gasteiger partial charge < -0.3 is 4.42 Å². The standard InChI is InChI=1S/C35H21N3O/c1-3-10-23(11-4-1)33-36-34(24-12-5-2-6-13-24)38-35(37-33)27-16-9-14-22-18-19-25-20-31-29(21-28(25)32(22)27)26-15-7-8-17-30(26)39-31/h1-21H. The van der Waals surface area contributed by atoms with Gasteiger partial charge in [-0.05, 0) is 34.4 Å². The fraction of sp³-hybridized carbons (Fsp3) is 0. The van der Waals surface area contributed by atoms with Gasteiger partial charge in [0.1, 0.15) is 11.2 Å². The molecule has 8 aromatic rings. The Kier molecular flexibility index (Phi) is 4.79. The van der Waals surface area contributed by atoms with E-state index in [1.807, 2.05) is 72.8 Å². The van der Waals surface area contributed by atoms with Crippen molar-refractivity contribution in [1.82, 2.24) is 15.0 Å². The van der Waals surface area contributed by atoms with Gasteiger partial charge in [-0.3, -0.25) is 0 Å². The second-order valence-electron chi connectivity index (χ2n) is 9.68. The molecule has 0 amide bonds. The first-order chi connectivity index (χ1) is 19.3. The van der Waals surface area contributed by atoms with Crippen LogP contribution in [0, 0.1) is 0 Å². The lowest BCUT2D eigenvalue weighted by atomic mass is 9.96. The highest BCUT2D eigenvalue weighted by atomic mass is 16.3. The average Bonchev–Trinajstić information content (AvgIpc) is 3.37. The Hall–Kier alpha value is -5.35. The smallest absolute Gasteiger partial charge is 0.164 e. The molecule has 0 aliphatic heterocycles. The number of hydrogen-bond acceptors (Lipinski definition) is 4. The van der Waals surface area contributed by atoms with Gasteiger partial charge in [0, 0.05) is 32.8 Å². The van der Waals surface area contributed by atoms with Crippen LogP contribution in [-0.2, 0) is 0 Å². The number of fused-ring (bicyclic) bond motifs is 6. The van der Waals surface area contributed by atoms with Gasteiger partial charge in [-0.1, -0.05) is 109 Å². The number of benzene rings is 6. The van der Waals surface area contributed by atoms with Crippen LogP contribution in [0.1, 0.15) is 0 Å². The largest absolute Gasteiger partial charge is 0.456 e. The van der Waals surface area contributed by atoms with E-state index in [1.54, 1.807) is 0 Å². The van der Waals surface area contributed by atoms with E-state index in [9.17, 15) is 0 Å². The zero-order chi connectivity index (χ0) is 25.8. The minimum Gasteiger partial charge on any atom is -0.456 e. The molecule has 4 nitrogen and oxygen atoms in total. The highest BCUT2D eigenvalue weighted by Crippen LogP contribution is 2.38. The molecule has 6 aromatic carbocycles. The van der Waals surface area contributed by atoms with E-state index >= 15 is 0 Å². The minimum atomic E-state index is 0.651. The lowest BCUT2D eigenvalue weighted by molar-refractivity contribution is 0.669. The van der Waals surface area contributed by atoms with Crippen LogP contribution in [0.2, 0.25) is 0 Å². The molecule has 182 valence electrons. The third-order valence-corrected chi connectivity index (χ3v) is 7.30. The molecule has 0 atom stereocenters. The highest BCUT2D eigenvalue weighted by molar-refractivity contribution is 6.19. The summed E-state index contributed by atoms with van der Waals surface area (Å²) in [6.07, 6.45) is 0. The molecule has 0 spiro atoms. The van der Waals surface area contributed by atoms with Gasteiger partial charge in [0.15, 0.2) is 17.5 Å². The van der Waals surface area contributed by atoms with E-state index in [2.05, 4.69) is 54.6 Å². The SMILES string of the molecule is c1ccc(-c2nc(-c3ccccc3)nc(-c3cccc4ccc5cc6oc7ccccc7c6cc5c34)n2)cc1. The highest BCUT2D eigenvalue weighted by Gasteiger charge is 2.17. The van der Waals surface area contributed by atoms with Gasteiger partial charge in [-0.15, -0.1) is 0 Å². The van der Waals surface area contributed by atoms with Crippen molar-refractivity contribution >= 4 is 43.5 Å². The molecule has 0 N–H and O–H groups in total. The maximum atomic E-state index is 6.18. The van der Waals surface area contributed by atoms with E-state index < -0.39 is 0 Å². The van der Waals surface area contributed by atoms with Gasteiger partial charge in [-0.25, -0.2) is 15.0 Å². The van der Waals surface area contributed by atoms with Crippen molar-refractivity contribution in [3.05, 3.63) is 127 Å². The van der Waals surface area contributed by atoms with Gasteiger partial charge in [0.25, 0.3) is 0 Å². The summed E-state index contributed by atoms with van der Waals surface area (Å²) in [6, 6.07) is 43.4.